The van der Waals surface area contributed by atoms with Gasteiger partial charge in [-0.2, -0.15) is 0 Å². The summed E-state index contributed by atoms with van der Waals surface area (Å²) in [5.41, 5.74) is 5.77. The summed E-state index contributed by atoms with van der Waals surface area (Å²) in [6, 6.07) is 0. The van der Waals surface area contributed by atoms with Gasteiger partial charge in [0.05, 0.1) is 5.92 Å². The molecule has 19 heavy (non-hydrogen) atoms. The van der Waals surface area contributed by atoms with E-state index in [0.717, 1.165) is 12.8 Å². The van der Waals surface area contributed by atoms with Crippen molar-refractivity contribution >= 4 is 11.9 Å². The molecule has 1 heterocycles. The Kier molecular flexibility index (Phi) is 5.35. The molecule has 0 aliphatic carbocycles. The van der Waals surface area contributed by atoms with Crippen molar-refractivity contribution in [1.29, 1.82) is 0 Å². The first-order chi connectivity index (χ1) is 8.75. The van der Waals surface area contributed by atoms with E-state index in [2.05, 4.69) is 20.8 Å². The van der Waals surface area contributed by atoms with E-state index in [4.69, 9.17) is 10.8 Å². The van der Waals surface area contributed by atoms with Gasteiger partial charge in [0.15, 0.2) is 0 Å². The number of carboxylic acids is 1. The minimum absolute atomic E-state index is 0.0729. The van der Waals surface area contributed by atoms with Crippen LogP contribution in [0.1, 0.15) is 40.0 Å². The SMILES string of the molecule is CC(C)(C)C(CCN)CCC(=O)N1CC(C(=O)O)C1. The third-order valence-corrected chi connectivity index (χ3v) is 4.03. The molecule has 3 N–H and O–H groups in total. The maximum Gasteiger partial charge on any atom is 0.310 e. The molecule has 1 atom stereocenters. The highest BCUT2D eigenvalue weighted by Crippen LogP contribution is 2.32. The molecule has 0 bridgehead atoms. The van der Waals surface area contributed by atoms with E-state index in [1.165, 1.54) is 0 Å². The van der Waals surface area contributed by atoms with Crippen molar-refractivity contribution in [2.75, 3.05) is 19.6 Å². The zero-order valence-corrected chi connectivity index (χ0v) is 12.2. The molecule has 1 saturated heterocycles. The van der Waals surface area contributed by atoms with Gasteiger partial charge < -0.3 is 15.7 Å². The summed E-state index contributed by atoms with van der Waals surface area (Å²) in [5.74, 6) is -0.673. The number of aliphatic carboxylic acids is 1. The first kappa shape index (κ1) is 16.0. The van der Waals surface area contributed by atoms with Gasteiger partial charge in [0.1, 0.15) is 0 Å². The molecular weight excluding hydrogens is 244 g/mol. The average molecular weight is 270 g/mol. The summed E-state index contributed by atoms with van der Waals surface area (Å²) in [5, 5.41) is 8.78. The van der Waals surface area contributed by atoms with Crippen LogP contribution in [-0.2, 0) is 9.59 Å². The van der Waals surface area contributed by atoms with E-state index < -0.39 is 5.97 Å². The number of carbonyl (C=O) groups excluding carboxylic acids is 1. The predicted octanol–water partition coefficient (Wildman–Crippen LogP) is 1.32. The quantitative estimate of drug-likeness (QED) is 0.762. The average Bonchev–Trinajstić information content (AvgIpc) is 2.19. The fourth-order valence-corrected chi connectivity index (χ4v) is 2.51. The standard InChI is InChI=1S/C14H26N2O3/c1-14(2,3)11(6-7-15)4-5-12(17)16-8-10(9-16)13(18)19/h10-11H,4-9,15H2,1-3H3,(H,18,19). The third kappa shape index (κ3) is 4.49. The molecule has 1 unspecified atom stereocenters. The van der Waals surface area contributed by atoms with Gasteiger partial charge in [0.25, 0.3) is 0 Å². The number of amides is 1. The number of hydrogen-bond donors (Lipinski definition) is 2. The van der Waals surface area contributed by atoms with Crippen LogP contribution in [-0.4, -0.2) is 41.5 Å². The van der Waals surface area contributed by atoms with Crippen LogP contribution in [0.5, 0.6) is 0 Å². The molecule has 5 heteroatoms. The highest BCUT2D eigenvalue weighted by molar-refractivity contribution is 5.80. The lowest BCUT2D eigenvalue weighted by molar-refractivity contribution is -0.152. The Morgan fingerprint density at radius 1 is 1.32 bits per heavy atom. The molecule has 110 valence electrons. The number of nitrogens with two attached hydrogens (primary N) is 1. The Morgan fingerprint density at radius 3 is 2.32 bits per heavy atom. The summed E-state index contributed by atoms with van der Waals surface area (Å²) >= 11 is 0. The highest BCUT2D eigenvalue weighted by Gasteiger charge is 2.35. The van der Waals surface area contributed by atoms with Gasteiger partial charge in [-0.15, -0.1) is 0 Å². The van der Waals surface area contributed by atoms with Crippen LogP contribution >= 0.6 is 0 Å². The smallest absolute Gasteiger partial charge is 0.310 e. The predicted molar refractivity (Wildman–Crippen MR) is 73.6 cm³/mol. The van der Waals surface area contributed by atoms with Crippen molar-refractivity contribution in [3.63, 3.8) is 0 Å². The highest BCUT2D eigenvalue weighted by atomic mass is 16.4. The van der Waals surface area contributed by atoms with Crippen molar-refractivity contribution in [1.82, 2.24) is 4.90 Å². The minimum atomic E-state index is -0.806. The molecule has 0 aromatic carbocycles. The van der Waals surface area contributed by atoms with Gasteiger partial charge >= 0.3 is 5.97 Å². The van der Waals surface area contributed by atoms with Crippen LogP contribution in [0, 0.1) is 17.3 Å². The zero-order valence-electron chi connectivity index (χ0n) is 12.2. The molecule has 0 spiro atoms. The van der Waals surface area contributed by atoms with E-state index >= 15 is 0 Å². The fourth-order valence-electron chi connectivity index (χ4n) is 2.51. The largest absolute Gasteiger partial charge is 0.481 e. The van der Waals surface area contributed by atoms with E-state index in [0.29, 0.717) is 32.0 Å². The topological polar surface area (TPSA) is 83.6 Å². The summed E-state index contributed by atoms with van der Waals surface area (Å²) in [7, 11) is 0. The summed E-state index contributed by atoms with van der Waals surface area (Å²) in [6.45, 7) is 7.88. The first-order valence-corrected chi connectivity index (χ1v) is 6.96. The maximum absolute atomic E-state index is 11.9. The van der Waals surface area contributed by atoms with Gasteiger partial charge in [0, 0.05) is 19.5 Å². The fraction of sp³-hybridized carbons (Fsp3) is 0.857. The Morgan fingerprint density at radius 2 is 1.89 bits per heavy atom. The van der Waals surface area contributed by atoms with E-state index in [1.807, 2.05) is 0 Å². The lowest BCUT2D eigenvalue weighted by atomic mass is 9.76. The normalized spacial score (nSPS) is 18.0. The molecule has 1 aliphatic heterocycles. The second-order valence-corrected chi connectivity index (χ2v) is 6.51. The molecule has 0 aromatic heterocycles. The molecule has 0 aromatic rings. The number of rotatable bonds is 6. The van der Waals surface area contributed by atoms with Crippen molar-refractivity contribution in [2.45, 2.75) is 40.0 Å². The van der Waals surface area contributed by atoms with Gasteiger partial charge in [-0.25, -0.2) is 0 Å². The Labute approximate surface area is 115 Å². The van der Waals surface area contributed by atoms with Crippen molar-refractivity contribution in [2.24, 2.45) is 23.0 Å². The maximum atomic E-state index is 11.9. The minimum Gasteiger partial charge on any atom is -0.481 e. The van der Waals surface area contributed by atoms with Gasteiger partial charge in [-0.05, 0) is 30.7 Å². The van der Waals surface area contributed by atoms with Crippen molar-refractivity contribution in [3.05, 3.63) is 0 Å². The third-order valence-electron chi connectivity index (χ3n) is 4.03. The number of likely N-dealkylation sites (tertiary alicyclic amines) is 1. The van der Waals surface area contributed by atoms with E-state index in [1.54, 1.807) is 4.90 Å². The molecule has 5 nitrogen and oxygen atoms in total. The summed E-state index contributed by atoms with van der Waals surface area (Å²) in [4.78, 5) is 24.3. The number of carbonyl (C=O) groups is 2. The van der Waals surface area contributed by atoms with Crippen LogP contribution in [0.2, 0.25) is 0 Å². The van der Waals surface area contributed by atoms with Crippen LogP contribution in [0.15, 0.2) is 0 Å². The lowest BCUT2D eigenvalue weighted by Gasteiger charge is -2.37. The zero-order chi connectivity index (χ0) is 14.6. The van der Waals surface area contributed by atoms with Crippen LogP contribution in [0.4, 0.5) is 0 Å². The van der Waals surface area contributed by atoms with E-state index in [-0.39, 0.29) is 17.2 Å². The second-order valence-electron chi connectivity index (χ2n) is 6.51. The molecule has 1 amide bonds. The second kappa shape index (κ2) is 6.37. The Balaban J connectivity index is 2.35. The van der Waals surface area contributed by atoms with E-state index in [9.17, 15) is 9.59 Å². The Hall–Kier alpha value is -1.10. The molecule has 1 aliphatic rings. The van der Waals surface area contributed by atoms with Gasteiger partial charge in [-0.1, -0.05) is 20.8 Å². The molecule has 1 fully saturated rings. The van der Waals surface area contributed by atoms with Crippen LogP contribution in [0.3, 0.4) is 0 Å². The van der Waals surface area contributed by atoms with Gasteiger partial charge in [0.2, 0.25) is 5.91 Å². The lowest BCUT2D eigenvalue weighted by Crippen LogP contribution is -2.53. The monoisotopic (exact) mass is 270 g/mol. The summed E-state index contributed by atoms with van der Waals surface area (Å²) in [6.07, 6.45) is 2.25. The summed E-state index contributed by atoms with van der Waals surface area (Å²) < 4.78 is 0. The van der Waals surface area contributed by atoms with Crippen LogP contribution < -0.4 is 5.73 Å². The van der Waals surface area contributed by atoms with Gasteiger partial charge in [-0.3, -0.25) is 9.59 Å². The molecule has 0 radical (unpaired) electrons. The number of hydrogen-bond acceptors (Lipinski definition) is 3. The Bertz CT molecular complexity index is 330. The van der Waals surface area contributed by atoms with Crippen LogP contribution in [0.25, 0.3) is 0 Å². The molecule has 1 rings (SSSR count). The van der Waals surface area contributed by atoms with Crippen molar-refractivity contribution in [3.8, 4) is 0 Å². The van der Waals surface area contributed by atoms with Crippen molar-refractivity contribution < 1.29 is 14.7 Å². The molecule has 0 saturated carbocycles. The number of carboxylic acid groups (broad SMARTS) is 1. The first-order valence-electron chi connectivity index (χ1n) is 6.96. The molecular formula is C14H26N2O3. The number of nitrogens with zero attached hydrogens (tertiary/aromatic N) is 1.